The van der Waals surface area contributed by atoms with Gasteiger partial charge in [-0.25, -0.2) is 0 Å². The second kappa shape index (κ2) is 9.05. The lowest BCUT2D eigenvalue weighted by molar-refractivity contribution is -0.115. The van der Waals surface area contributed by atoms with E-state index in [2.05, 4.69) is 16.0 Å². The Morgan fingerprint density at radius 1 is 0.958 bits per heavy atom. The molecular formula is C18H22ClN3O2. The van der Waals surface area contributed by atoms with E-state index in [-0.39, 0.29) is 30.8 Å². The van der Waals surface area contributed by atoms with Gasteiger partial charge in [0.25, 0.3) is 5.91 Å². The molecule has 0 heterocycles. The lowest BCUT2D eigenvalue weighted by Crippen LogP contribution is -2.25. The molecule has 0 aromatic heterocycles. The Labute approximate surface area is 148 Å². The van der Waals surface area contributed by atoms with Crippen molar-refractivity contribution in [2.45, 2.75) is 13.8 Å². The monoisotopic (exact) mass is 347 g/mol. The van der Waals surface area contributed by atoms with Crippen LogP contribution in [0.4, 0.5) is 11.4 Å². The molecule has 2 aromatic carbocycles. The molecule has 3 N–H and O–H groups in total. The first-order valence-electron chi connectivity index (χ1n) is 7.43. The summed E-state index contributed by atoms with van der Waals surface area (Å²) in [5.41, 5.74) is 3.94. The predicted molar refractivity (Wildman–Crippen MR) is 100 cm³/mol. The number of hydrogen-bond acceptors (Lipinski definition) is 3. The smallest absolute Gasteiger partial charge is 0.255 e. The van der Waals surface area contributed by atoms with Crippen LogP contribution >= 0.6 is 12.4 Å². The van der Waals surface area contributed by atoms with Gasteiger partial charge in [-0.05, 0) is 50.2 Å². The molecular weight excluding hydrogens is 326 g/mol. The Bertz CT molecular complexity index is 712. The van der Waals surface area contributed by atoms with Crippen LogP contribution in [0.3, 0.4) is 0 Å². The van der Waals surface area contributed by atoms with Crippen molar-refractivity contribution >= 4 is 35.6 Å². The number of aryl methyl sites for hydroxylation is 2. The van der Waals surface area contributed by atoms with Crippen LogP contribution in [0.2, 0.25) is 0 Å². The summed E-state index contributed by atoms with van der Waals surface area (Å²) in [5, 5.41) is 8.46. The summed E-state index contributed by atoms with van der Waals surface area (Å²) in [6.07, 6.45) is 0. The van der Waals surface area contributed by atoms with Gasteiger partial charge in [-0.1, -0.05) is 24.3 Å². The first kappa shape index (κ1) is 19.7. The van der Waals surface area contributed by atoms with Gasteiger partial charge in [0, 0.05) is 16.9 Å². The maximum absolute atomic E-state index is 12.4. The molecule has 2 rings (SSSR count). The summed E-state index contributed by atoms with van der Waals surface area (Å²) in [4.78, 5) is 24.0. The summed E-state index contributed by atoms with van der Waals surface area (Å²) < 4.78 is 0. The van der Waals surface area contributed by atoms with Crippen LogP contribution in [-0.4, -0.2) is 25.4 Å². The third-order valence-electron chi connectivity index (χ3n) is 3.47. The molecule has 0 aliphatic rings. The van der Waals surface area contributed by atoms with Gasteiger partial charge >= 0.3 is 0 Å². The van der Waals surface area contributed by atoms with E-state index in [0.29, 0.717) is 11.3 Å². The highest BCUT2D eigenvalue weighted by Gasteiger charge is 2.10. The molecule has 6 heteroatoms. The molecule has 0 unspecified atom stereocenters. The molecule has 5 nitrogen and oxygen atoms in total. The van der Waals surface area contributed by atoms with Crippen LogP contribution in [0.1, 0.15) is 21.5 Å². The normalized spacial score (nSPS) is 9.79. The van der Waals surface area contributed by atoms with E-state index in [1.54, 1.807) is 31.3 Å². The minimum atomic E-state index is -0.202. The Morgan fingerprint density at radius 3 is 2.21 bits per heavy atom. The first-order valence-corrected chi connectivity index (χ1v) is 7.43. The topological polar surface area (TPSA) is 70.2 Å². The van der Waals surface area contributed by atoms with E-state index in [1.807, 2.05) is 32.0 Å². The van der Waals surface area contributed by atoms with Crippen LogP contribution in [0.15, 0.2) is 42.5 Å². The summed E-state index contributed by atoms with van der Waals surface area (Å²) in [6, 6.07) is 12.7. The van der Waals surface area contributed by atoms with Gasteiger partial charge in [0.05, 0.1) is 6.54 Å². The van der Waals surface area contributed by atoms with Gasteiger partial charge in [-0.2, -0.15) is 0 Å². The lowest BCUT2D eigenvalue weighted by Gasteiger charge is -2.12. The number of carbonyl (C=O) groups excluding carboxylic acids is 2. The van der Waals surface area contributed by atoms with Crippen LogP contribution < -0.4 is 16.0 Å². The standard InChI is InChI=1S/C18H21N3O2.ClH/c1-12-6-4-7-13(2)17(12)21-18(23)14-8-5-9-15(10-14)20-16(22)11-19-3;/h4-10,19H,11H2,1-3H3,(H,20,22)(H,21,23);1H. The zero-order valence-corrected chi connectivity index (χ0v) is 14.8. The second-order valence-corrected chi connectivity index (χ2v) is 5.38. The SMILES string of the molecule is CNCC(=O)Nc1cccc(C(=O)Nc2c(C)cccc2C)c1.Cl. The number of rotatable bonds is 5. The van der Waals surface area contributed by atoms with Crippen molar-refractivity contribution in [3.8, 4) is 0 Å². The Morgan fingerprint density at radius 2 is 1.58 bits per heavy atom. The minimum Gasteiger partial charge on any atom is -0.325 e. The maximum Gasteiger partial charge on any atom is 0.255 e. The van der Waals surface area contributed by atoms with Crippen molar-refractivity contribution in [1.82, 2.24) is 5.32 Å². The largest absolute Gasteiger partial charge is 0.325 e. The molecule has 0 bridgehead atoms. The van der Waals surface area contributed by atoms with Gasteiger partial charge in [0.2, 0.25) is 5.91 Å². The van der Waals surface area contributed by atoms with E-state index >= 15 is 0 Å². The molecule has 0 atom stereocenters. The number of para-hydroxylation sites is 1. The van der Waals surface area contributed by atoms with Crippen molar-refractivity contribution < 1.29 is 9.59 Å². The molecule has 24 heavy (non-hydrogen) atoms. The number of carbonyl (C=O) groups is 2. The van der Waals surface area contributed by atoms with Crippen molar-refractivity contribution in [2.75, 3.05) is 24.2 Å². The average Bonchev–Trinajstić information content (AvgIpc) is 2.51. The molecule has 0 fully saturated rings. The van der Waals surface area contributed by atoms with Gasteiger partial charge in [0.15, 0.2) is 0 Å². The van der Waals surface area contributed by atoms with Crippen LogP contribution in [-0.2, 0) is 4.79 Å². The quantitative estimate of drug-likeness (QED) is 0.778. The molecule has 2 aromatic rings. The second-order valence-electron chi connectivity index (χ2n) is 5.38. The number of likely N-dealkylation sites (N-methyl/N-ethyl adjacent to an activating group) is 1. The Balaban J connectivity index is 0.00000288. The number of nitrogens with one attached hydrogen (secondary N) is 3. The van der Waals surface area contributed by atoms with Crippen LogP contribution in [0, 0.1) is 13.8 Å². The summed E-state index contributed by atoms with van der Waals surface area (Å²) >= 11 is 0. The molecule has 2 amide bonds. The van der Waals surface area contributed by atoms with Gasteiger partial charge < -0.3 is 16.0 Å². The number of halogens is 1. The molecule has 0 saturated heterocycles. The highest BCUT2D eigenvalue weighted by molar-refractivity contribution is 6.06. The number of hydrogen-bond donors (Lipinski definition) is 3. The molecule has 0 aliphatic heterocycles. The number of amides is 2. The van der Waals surface area contributed by atoms with Crippen LogP contribution in [0.25, 0.3) is 0 Å². The summed E-state index contributed by atoms with van der Waals surface area (Å²) in [5.74, 6) is -0.355. The zero-order chi connectivity index (χ0) is 16.8. The highest BCUT2D eigenvalue weighted by Crippen LogP contribution is 2.21. The molecule has 128 valence electrons. The van der Waals surface area contributed by atoms with Gasteiger partial charge in [-0.15, -0.1) is 12.4 Å². The van der Waals surface area contributed by atoms with Gasteiger partial charge in [0.1, 0.15) is 0 Å². The number of benzene rings is 2. The Hall–Kier alpha value is -2.37. The van der Waals surface area contributed by atoms with E-state index in [1.165, 1.54) is 0 Å². The van der Waals surface area contributed by atoms with E-state index in [4.69, 9.17) is 0 Å². The highest BCUT2D eigenvalue weighted by atomic mass is 35.5. The lowest BCUT2D eigenvalue weighted by atomic mass is 10.1. The van der Waals surface area contributed by atoms with Gasteiger partial charge in [-0.3, -0.25) is 9.59 Å². The molecule has 0 aliphatic carbocycles. The Kier molecular flexibility index (Phi) is 7.42. The average molecular weight is 348 g/mol. The predicted octanol–water partition coefficient (Wildman–Crippen LogP) is 3.14. The van der Waals surface area contributed by atoms with E-state index in [9.17, 15) is 9.59 Å². The fraction of sp³-hybridized carbons (Fsp3) is 0.222. The van der Waals surface area contributed by atoms with Crippen molar-refractivity contribution in [3.63, 3.8) is 0 Å². The fourth-order valence-corrected chi connectivity index (χ4v) is 2.30. The first-order chi connectivity index (χ1) is 11.0. The summed E-state index contributed by atoms with van der Waals surface area (Å²) in [7, 11) is 1.70. The fourth-order valence-electron chi connectivity index (χ4n) is 2.30. The third kappa shape index (κ3) is 5.08. The molecule has 0 spiro atoms. The molecule has 0 saturated carbocycles. The van der Waals surface area contributed by atoms with E-state index in [0.717, 1.165) is 16.8 Å². The van der Waals surface area contributed by atoms with Crippen molar-refractivity contribution in [2.24, 2.45) is 0 Å². The summed E-state index contributed by atoms with van der Waals surface area (Å²) in [6.45, 7) is 4.13. The van der Waals surface area contributed by atoms with Crippen molar-refractivity contribution in [3.05, 3.63) is 59.2 Å². The van der Waals surface area contributed by atoms with E-state index < -0.39 is 0 Å². The third-order valence-corrected chi connectivity index (χ3v) is 3.47. The number of anilines is 2. The van der Waals surface area contributed by atoms with Crippen LogP contribution in [0.5, 0.6) is 0 Å². The zero-order valence-electron chi connectivity index (χ0n) is 14.0. The molecule has 0 radical (unpaired) electrons. The van der Waals surface area contributed by atoms with Crippen molar-refractivity contribution in [1.29, 1.82) is 0 Å². The minimum absolute atomic E-state index is 0. The maximum atomic E-state index is 12.4.